The predicted octanol–water partition coefficient (Wildman–Crippen LogP) is 0.674. The lowest BCUT2D eigenvalue weighted by atomic mass is 10.1. The lowest BCUT2D eigenvalue weighted by Crippen LogP contribution is -2.28. The van der Waals surface area contributed by atoms with E-state index >= 15 is 0 Å². The number of amides is 1. The maximum absolute atomic E-state index is 11.2. The van der Waals surface area contributed by atoms with E-state index in [1.165, 1.54) is 0 Å². The maximum Gasteiger partial charge on any atom is 0.223 e. The first kappa shape index (κ1) is 9.00. The van der Waals surface area contributed by atoms with Gasteiger partial charge in [-0.3, -0.25) is 4.79 Å². The molecule has 74 valence electrons. The van der Waals surface area contributed by atoms with Gasteiger partial charge in [0.15, 0.2) is 0 Å². The van der Waals surface area contributed by atoms with Crippen molar-refractivity contribution in [3.8, 4) is 0 Å². The number of carbonyl (C=O) groups is 1. The highest BCUT2D eigenvalue weighted by molar-refractivity contribution is 5.80. The Bertz CT molecular complexity index is 197. The number of carbonyl (C=O) groups excluding carboxylic acids is 1. The van der Waals surface area contributed by atoms with Crippen LogP contribution in [-0.4, -0.2) is 23.7 Å². The van der Waals surface area contributed by atoms with E-state index in [1.807, 2.05) is 0 Å². The van der Waals surface area contributed by atoms with Gasteiger partial charge in [0.25, 0.3) is 0 Å². The molecule has 1 unspecified atom stereocenters. The fraction of sp³-hybridized carbons (Fsp3) is 0.900. The van der Waals surface area contributed by atoms with Gasteiger partial charge in [0.05, 0.1) is 6.10 Å². The minimum atomic E-state index is -0.181. The first-order valence-electron chi connectivity index (χ1n) is 5.23. The van der Waals surface area contributed by atoms with Crippen LogP contribution in [0.1, 0.15) is 32.1 Å². The van der Waals surface area contributed by atoms with Gasteiger partial charge >= 0.3 is 0 Å². The average molecular weight is 183 g/mol. The Morgan fingerprint density at radius 1 is 1.38 bits per heavy atom. The summed E-state index contributed by atoms with van der Waals surface area (Å²) < 4.78 is 0. The summed E-state index contributed by atoms with van der Waals surface area (Å²) in [5, 5.41) is 12.4. The molecule has 0 aromatic rings. The molecule has 0 aliphatic heterocycles. The van der Waals surface area contributed by atoms with Gasteiger partial charge in [-0.25, -0.2) is 0 Å². The van der Waals surface area contributed by atoms with E-state index in [0.717, 1.165) is 32.1 Å². The maximum atomic E-state index is 11.2. The second-order valence-corrected chi connectivity index (χ2v) is 4.26. The molecule has 3 heteroatoms. The van der Waals surface area contributed by atoms with Crippen molar-refractivity contribution in [3.63, 3.8) is 0 Å². The van der Waals surface area contributed by atoms with E-state index in [9.17, 15) is 9.90 Å². The molecule has 2 saturated carbocycles. The van der Waals surface area contributed by atoms with Gasteiger partial charge in [-0.15, -0.1) is 0 Å². The Morgan fingerprint density at radius 3 is 2.62 bits per heavy atom. The highest BCUT2D eigenvalue weighted by Gasteiger charge is 2.31. The quantitative estimate of drug-likeness (QED) is 0.658. The van der Waals surface area contributed by atoms with Gasteiger partial charge < -0.3 is 10.4 Å². The molecule has 2 aliphatic rings. The molecule has 2 fully saturated rings. The molecule has 2 rings (SSSR count). The highest BCUT2D eigenvalue weighted by Crippen LogP contribution is 2.33. The van der Waals surface area contributed by atoms with E-state index in [-0.39, 0.29) is 17.9 Å². The Labute approximate surface area is 78.5 Å². The van der Waals surface area contributed by atoms with Crippen molar-refractivity contribution >= 4 is 5.91 Å². The molecule has 0 spiro atoms. The minimum absolute atomic E-state index is 0.181. The standard InChI is InChI=1S/C10H17NO2/c12-9(7-1-2-7)5-6-11-10(13)8-3-4-8/h7-9,12H,1-6H2,(H,11,13). The van der Waals surface area contributed by atoms with Crippen LogP contribution < -0.4 is 5.32 Å². The molecular weight excluding hydrogens is 166 g/mol. The van der Waals surface area contributed by atoms with Crippen molar-refractivity contribution in [1.29, 1.82) is 0 Å². The van der Waals surface area contributed by atoms with Gasteiger partial charge in [0.1, 0.15) is 0 Å². The van der Waals surface area contributed by atoms with Crippen molar-refractivity contribution in [2.24, 2.45) is 11.8 Å². The number of rotatable bonds is 5. The zero-order chi connectivity index (χ0) is 9.26. The third kappa shape index (κ3) is 2.69. The number of hydrogen-bond acceptors (Lipinski definition) is 2. The van der Waals surface area contributed by atoms with Crippen LogP contribution in [0.3, 0.4) is 0 Å². The summed E-state index contributed by atoms with van der Waals surface area (Å²) in [7, 11) is 0. The third-order valence-electron chi connectivity index (χ3n) is 2.85. The first-order chi connectivity index (χ1) is 6.27. The molecule has 3 nitrogen and oxygen atoms in total. The minimum Gasteiger partial charge on any atom is -0.393 e. The summed E-state index contributed by atoms with van der Waals surface area (Å²) in [6.07, 6.45) is 4.98. The molecular formula is C10H17NO2. The summed E-state index contributed by atoms with van der Waals surface area (Å²) in [4.78, 5) is 11.2. The SMILES string of the molecule is O=C(NCCC(O)C1CC1)C1CC1. The lowest BCUT2D eigenvalue weighted by molar-refractivity contribution is -0.122. The summed E-state index contributed by atoms with van der Waals surface area (Å²) in [6, 6.07) is 0. The summed E-state index contributed by atoms with van der Waals surface area (Å²) in [6.45, 7) is 0.646. The number of aliphatic hydroxyl groups is 1. The van der Waals surface area contributed by atoms with Gasteiger partial charge in [0, 0.05) is 12.5 Å². The van der Waals surface area contributed by atoms with Gasteiger partial charge in [-0.2, -0.15) is 0 Å². The fourth-order valence-electron chi connectivity index (χ4n) is 1.55. The zero-order valence-corrected chi connectivity index (χ0v) is 7.83. The Hall–Kier alpha value is -0.570. The average Bonchev–Trinajstić information content (AvgIpc) is 2.95. The smallest absolute Gasteiger partial charge is 0.223 e. The lowest BCUT2D eigenvalue weighted by Gasteiger charge is -2.09. The third-order valence-corrected chi connectivity index (χ3v) is 2.85. The molecule has 13 heavy (non-hydrogen) atoms. The van der Waals surface area contributed by atoms with Crippen LogP contribution in [-0.2, 0) is 4.79 Å². The molecule has 2 N–H and O–H groups in total. The van der Waals surface area contributed by atoms with Crippen LogP contribution in [0.25, 0.3) is 0 Å². The van der Waals surface area contributed by atoms with Crippen LogP contribution in [0.15, 0.2) is 0 Å². The van der Waals surface area contributed by atoms with Crippen LogP contribution >= 0.6 is 0 Å². The fourth-order valence-corrected chi connectivity index (χ4v) is 1.55. The number of hydrogen-bond donors (Lipinski definition) is 2. The molecule has 1 atom stereocenters. The van der Waals surface area contributed by atoms with Crippen molar-refractivity contribution < 1.29 is 9.90 Å². The van der Waals surface area contributed by atoms with E-state index < -0.39 is 0 Å². The van der Waals surface area contributed by atoms with E-state index in [4.69, 9.17) is 0 Å². The van der Waals surface area contributed by atoms with Crippen molar-refractivity contribution in [3.05, 3.63) is 0 Å². The van der Waals surface area contributed by atoms with E-state index in [0.29, 0.717) is 12.5 Å². The second kappa shape index (κ2) is 3.66. The Balaban J connectivity index is 1.54. The molecule has 0 radical (unpaired) electrons. The van der Waals surface area contributed by atoms with Gasteiger partial charge in [-0.1, -0.05) is 0 Å². The normalized spacial score (nSPS) is 24.1. The van der Waals surface area contributed by atoms with E-state index in [2.05, 4.69) is 5.32 Å². The molecule has 0 saturated heterocycles. The first-order valence-corrected chi connectivity index (χ1v) is 5.23. The summed E-state index contributed by atoms with van der Waals surface area (Å²) in [5.41, 5.74) is 0. The van der Waals surface area contributed by atoms with Crippen LogP contribution in [0.2, 0.25) is 0 Å². The second-order valence-electron chi connectivity index (χ2n) is 4.26. The molecule has 0 bridgehead atoms. The molecule has 0 heterocycles. The van der Waals surface area contributed by atoms with Crippen molar-refractivity contribution in [2.45, 2.75) is 38.2 Å². The summed E-state index contributed by atoms with van der Waals surface area (Å²) in [5.74, 6) is 0.999. The molecule has 2 aliphatic carbocycles. The van der Waals surface area contributed by atoms with Crippen LogP contribution in [0, 0.1) is 11.8 Å². The van der Waals surface area contributed by atoms with Crippen LogP contribution in [0.4, 0.5) is 0 Å². The van der Waals surface area contributed by atoms with Crippen LogP contribution in [0.5, 0.6) is 0 Å². The highest BCUT2D eigenvalue weighted by atomic mass is 16.3. The molecule has 0 aromatic carbocycles. The predicted molar refractivity (Wildman–Crippen MR) is 49.1 cm³/mol. The monoisotopic (exact) mass is 183 g/mol. The van der Waals surface area contributed by atoms with Crippen molar-refractivity contribution in [1.82, 2.24) is 5.32 Å². The van der Waals surface area contributed by atoms with E-state index in [1.54, 1.807) is 0 Å². The summed E-state index contributed by atoms with van der Waals surface area (Å²) >= 11 is 0. The number of aliphatic hydroxyl groups excluding tert-OH is 1. The Morgan fingerprint density at radius 2 is 2.08 bits per heavy atom. The largest absolute Gasteiger partial charge is 0.393 e. The van der Waals surface area contributed by atoms with Crippen molar-refractivity contribution in [2.75, 3.05) is 6.54 Å². The Kier molecular flexibility index (Phi) is 2.54. The zero-order valence-electron chi connectivity index (χ0n) is 7.83. The molecule has 0 aromatic heterocycles. The molecule has 1 amide bonds. The number of nitrogens with one attached hydrogen (secondary N) is 1. The van der Waals surface area contributed by atoms with Gasteiger partial charge in [-0.05, 0) is 38.0 Å². The van der Waals surface area contributed by atoms with Gasteiger partial charge in [0.2, 0.25) is 5.91 Å². The topological polar surface area (TPSA) is 49.3 Å².